The summed E-state index contributed by atoms with van der Waals surface area (Å²) in [6.45, 7) is 6.13. The van der Waals surface area contributed by atoms with Gasteiger partial charge in [0.15, 0.2) is 5.82 Å². The molecule has 0 bridgehead atoms. The first-order valence-electron chi connectivity index (χ1n) is 10.5. The smallest absolute Gasteiger partial charge is 0.257 e. The van der Waals surface area contributed by atoms with Crippen LogP contribution < -0.4 is 4.74 Å². The first-order chi connectivity index (χ1) is 14.6. The summed E-state index contributed by atoms with van der Waals surface area (Å²) in [5, 5.41) is 4.15. The van der Waals surface area contributed by atoms with Gasteiger partial charge in [0.05, 0.1) is 6.61 Å². The number of carbonyl (C=O) groups excluding carboxylic acids is 1. The van der Waals surface area contributed by atoms with Gasteiger partial charge in [-0.2, -0.15) is 4.98 Å². The van der Waals surface area contributed by atoms with Crippen LogP contribution in [0.15, 0.2) is 53.1 Å². The molecule has 1 atom stereocenters. The van der Waals surface area contributed by atoms with Crippen molar-refractivity contribution in [1.82, 2.24) is 15.0 Å². The maximum absolute atomic E-state index is 12.5. The van der Waals surface area contributed by atoms with Crippen molar-refractivity contribution >= 4 is 5.91 Å². The normalized spacial score (nSPS) is 16.3. The second-order valence-electron chi connectivity index (χ2n) is 7.85. The first-order valence-corrected chi connectivity index (χ1v) is 10.5. The molecule has 0 saturated carbocycles. The summed E-state index contributed by atoms with van der Waals surface area (Å²) in [6, 6.07) is 15.9. The highest BCUT2D eigenvalue weighted by atomic mass is 16.5. The Morgan fingerprint density at radius 3 is 2.63 bits per heavy atom. The third kappa shape index (κ3) is 4.70. The molecule has 6 nitrogen and oxygen atoms in total. The lowest BCUT2D eigenvalue weighted by Gasteiger charge is -2.16. The van der Waals surface area contributed by atoms with E-state index in [-0.39, 0.29) is 11.8 Å². The minimum Gasteiger partial charge on any atom is -0.494 e. The Morgan fingerprint density at radius 2 is 1.90 bits per heavy atom. The predicted octanol–water partition coefficient (Wildman–Crippen LogP) is 4.74. The van der Waals surface area contributed by atoms with Crippen LogP contribution in [0.1, 0.15) is 49.1 Å². The van der Waals surface area contributed by atoms with Gasteiger partial charge in [-0.25, -0.2) is 0 Å². The maximum atomic E-state index is 12.5. The fraction of sp³-hybridized carbons (Fsp3) is 0.375. The zero-order chi connectivity index (χ0) is 20.9. The van der Waals surface area contributed by atoms with Crippen molar-refractivity contribution in [2.24, 2.45) is 0 Å². The number of hydrogen-bond acceptors (Lipinski definition) is 5. The highest BCUT2D eigenvalue weighted by Gasteiger charge is 2.33. The van der Waals surface area contributed by atoms with Gasteiger partial charge in [0.2, 0.25) is 5.91 Å². The van der Waals surface area contributed by atoms with Crippen LogP contribution in [0.4, 0.5) is 0 Å². The van der Waals surface area contributed by atoms with Crippen molar-refractivity contribution in [2.45, 2.75) is 45.6 Å². The number of nitrogens with zero attached hydrogens (tertiary/aromatic N) is 3. The Bertz CT molecular complexity index is 980. The average molecular weight is 405 g/mol. The number of carbonyl (C=O) groups is 1. The summed E-state index contributed by atoms with van der Waals surface area (Å²) < 4.78 is 11.2. The number of unbranched alkanes of at least 4 members (excludes halogenated alkanes) is 1. The number of aromatic nitrogens is 2. The molecule has 6 heteroatoms. The van der Waals surface area contributed by atoms with Crippen LogP contribution in [0, 0.1) is 6.92 Å². The molecule has 1 aliphatic rings. The fourth-order valence-electron chi connectivity index (χ4n) is 3.56. The third-order valence-corrected chi connectivity index (χ3v) is 5.38. The Morgan fingerprint density at radius 1 is 1.13 bits per heavy atom. The Balaban J connectivity index is 1.39. The van der Waals surface area contributed by atoms with Gasteiger partial charge in [0, 0.05) is 31.0 Å². The first kappa shape index (κ1) is 20.1. The summed E-state index contributed by atoms with van der Waals surface area (Å²) in [6.07, 6.45) is 2.56. The lowest BCUT2D eigenvalue weighted by Crippen LogP contribution is -2.24. The van der Waals surface area contributed by atoms with Crippen molar-refractivity contribution in [3.8, 4) is 17.2 Å². The van der Waals surface area contributed by atoms with Crippen molar-refractivity contribution in [3.63, 3.8) is 0 Å². The minimum absolute atomic E-state index is 0.0444. The molecular weight excluding hydrogens is 378 g/mol. The highest BCUT2D eigenvalue weighted by molar-refractivity contribution is 5.79. The summed E-state index contributed by atoms with van der Waals surface area (Å²) >= 11 is 0. The largest absolute Gasteiger partial charge is 0.494 e. The van der Waals surface area contributed by atoms with E-state index in [0.29, 0.717) is 31.2 Å². The molecule has 1 aliphatic heterocycles. The molecule has 0 N–H and O–H groups in total. The van der Waals surface area contributed by atoms with E-state index in [9.17, 15) is 4.79 Å². The molecule has 1 aromatic heterocycles. The molecule has 30 heavy (non-hydrogen) atoms. The van der Waals surface area contributed by atoms with Crippen molar-refractivity contribution < 1.29 is 14.1 Å². The number of likely N-dealkylation sites (tertiary alicyclic amines) is 1. The maximum Gasteiger partial charge on any atom is 0.257 e. The van der Waals surface area contributed by atoms with Crippen LogP contribution >= 0.6 is 0 Å². The lowest BCUT2D eigenvalue weighted by molar-refractivity contribution is -0.128. The van der Waals surface area contributed by atoms with E-state index in [2.05, 4.69) is 48.3 Å². The molecule has 3 aromatic rings. The van der Waals surface area contributed by atoms with Gasteiger partial charge < -0.3 is 14.2 Å². The van der Waals surface area contributed by atoms with E-state index >= 15 is 0 Å². The molecule has 0 aliphatic carbocycles. The zero-order valence-electron chi connectivity index (χ0n) is 17.5. The average Bonchev–Trinajstić information content (AvgIpc) is 3.38. The summed E-state index contributed by atoms with van der Waals surface area (Å²) in [7, 11) is 0. The Labute approximate surface area is 176 Å². The quantitative estimate of drug-likeness (QED) is 0.506. The Kier molecular flexibility index (Phi) is 6.12. The fourth-order valence-corrected chi connectivity index (χ4v) is 3.56. The van der Waals surface area contributed by atoms with Gasteiger partial charge in [0.1, 0.15) is 5.75 Å². The van der Waals surface area contributed by atoms with Gasteiger partial charge in [0.25, 0.3) is 5.89 Å². The number of amides is 1. The van der Waals surface area contributed by atoms with E-state index in [1.165, 1.54) is 5.56 Å². The molecule has 1 amide bonds. The van der Waals surface area contributed by atoms with Gasteiger partial charge >= 0.3 is 0 Å². The molecule has 2 heterocycles. The van der Waals surface area contributed by atoms with Crippen LogP contribution in [0.25, 0.3) is 11.5 Å². The van der Waals surface area contributed by atoms with Crippen molar-refractivity contribution in [1.29, 1.82) is 0 Å². The van der Waals surface area contributed by atoms with E-state index in [1.807, 2.05) is 29.2 Å². The SMILES string of the molecule is CCCCOc1ccc(-c2nc(C3CC(=O)N(Cc4ccc(C)cc4)C3)no2)cc1. The molecule has 0 spiro atoms. The van der Waals surface area contributed by atoms with Crippen molar-refractivity contribution in [3.05, 3.63) is 65.5 Å². The number of benzene rings is 2. The molecule has 1 saturated heterocycles. The van der Waals surface area contributed by atoms with Crippen molar-refractivity contribution in [2.75, 3.05) is 13.2 Å². The molecule has 1 fully saturated rings. The summed E-state index contributed by atoms with van der Waals surface area (Å²) in [4.78, 5) is 18.9. The van der Waals surface area contributed by atoms with Gasteiger partial charge in [-0.3, -0.25) is 4.79 Å². The Hall–Kier alpha value is -3.15. The molecule has 2 aromatic carbocycles. The van der Waals surface area contributed by atoms with Crippen LogP contribution in [0.5, 0.6) is 5.75 Å². The number of hydrogen-bond donors (Lipinski definition) is 0. The van der Waals surface area contributed by atoms with Crippen LogP contribution in [0.3, 0.4) is 0 Å². The predicted molar refractivity (Wildman–Crippen MR) is 114 cm³/mol. The topological polar surface area (TPSA) is 68.5 Å². The van der Waals surface area contributed by atoms with Gasteiger partial charge in [-0.05, 0) is 43.2 Å². The second-order valence-corrected chi connectivity index (χ2v) is 7.85. The molecule has 1 unspecified atom stereocenters. The zero-order valence-corrected chi connectivity index (χ0v) is 17.5. The number of ether oxygens (including phenoxy) is 1. The standard InChI is InChI=1S/C24H27N3O3/c1-3-4-13-29-21-11-9-19(10-12-21)24-25-23(26-30-24)20-14-22(28)27(16-20)15-18-7-5-17(2)6-8-18/h5-12,20H,3-4,13-16H2,1-2H3. The highest BCUT2D eigenvalue weighted by Crippen LogP contribution is 2.29. The number of aryl methyl sites for hydroxylation is 1. The van der Waals surface area contributed by atoms with E-state index in [4.69, 9.17) is 9.26 Å². The number of rotatable bonds is 8. The van der Waals surface area contributed by atoms with Crippen LogP contribution in [0.2, 0.25) is 0 Å². The van der Waals surface area contributed by atoms with Gasteiger partial charge in [-0.1, -0.05) is 48.3 Å². The van der Waals surface area contributed by atoms with Crippen LogP contribution in [-0.2, 0) is 11.3 Å². The molecular formula is C24H27N3O3. The molecule has 0 radical (unpaired) electrons. The minimum atomic E-state index is -0.0444. The summed E-state index contributed by atoms with van der Waals surface area (Å²) in [5.41, 5.74) is 3.19. The van der Waals surface area contributed by atoms with E-state index in [0.717, 1.165) is 36.3 Å². The monoisotopic (exact) mass is 405 g/mol. The van der Waals surface area contributed by atoms with Crippen LogP contribution in [-0.4, -0.2) is 34.1 Å². The molecule has 156 valence electrons. The summed E-state index contributed by atoms with van der Waals surface area (Å²) in [5.74, 6) is 1.97. The second kappa shape index (κ2) is 9.11. The van der Waals surface area contributed by atoms with Gasteiger partial charge in [-0.15, -0.1) is 0 Å². The molecule has 4 rings (SSSR count). The van der Waals surface area contributed by atoms with E-state index < -0.39 is 0 Å². The lowest BCUT2D eigenvalue weighted by atomic mass is 10.1. The van der Waals surface area contributed by atoms with E-state index in [1.54, 1.807) is 0 Å². The third-order valence-electron chi connectivity index (χ3n) is 5.38.